The van der Waals surface area contributed by atoms with E-state index in [-0.39, 0.29) is 36.3 Å². The third kappa shape index (κ3) is 4.25. The molecule has 0 saturated carbocycles. The summed E-state index contributed by atoms with van der Waals surface area (Å²) in [6.07, 6.45) is -8.30. The number of nitrogens with zero attached hydrogens (tertiary/aromatic N) is 2. The first-order chi connectivity index (χ1) is 14.7. The molecule has 6 nitrogen and oxygen atoms in total. The summed E-state index contributed by atoms with van der Waals surface area (Å²) in [5, 5.41) is 2.97. The maximum Gasteiger partial charge on any atom is 0.461 e. The van der Waals surface area contributed by atoms with Crippen LogP contribution in [0.4, 0.5) is 28.0 Å². The van der Waals surface area contributed by atoms with E-state index in [0.717, 1.165) is 6.07 Å². The van der Waals surface area contributed by atoms with E-state index in [0.29, 0.717) is 11.9 Å². The van der Waals surface area contributed by atoms with Crippen LogP contribution in [0.3, 0.4) is 0 Å². The van der Waals surface area contributed by atoms with E-state index >= 15 is 0 Å². The molecule has 1 aliphatic heterocycles. The van der Waals surface area contributed by atoms with E-state index < -0.39 is 30.0 Å². The van der Waals surface area contributed by atoms with E-state index in [2.05, 4.69) is 15.0 Å². The number of nitrogens with one attached hydrogen (secondary N) is 1. The third-order valence-electron chi connectivity index (χ3n) is 4.79. The molecule has 1 aromatic heterocycles. The van der Waals surface area contributed by atoms with Crippen LogP contribution >= 0.6 is 0 Å². The van der Waals surface area contributed by atoms with Crippen molar-refractivity contribution in [2.75, 3.05) is 18.4 Å². The minimum absolute atomic E-state index is 0.00182. The number of aromatic nitrogens is 1. The molecule has 1 fully saturated rings. The molecule has 1 N–H and O–H groups in total. The van der Waals surface area contributed by atoms with Crippen molar-refractivity contribution >= 4 is 23.0 Å². The first-order valence-electron chi connectivity index (χ1n) is 9.29. The number of carbonyl (C=O) groups is 1. The van der Waals surface area contributed by atoms with Crippen molar-refractivity contribution in [3.05, 3.63) is 53.8 Å². The lowest BCUT2D eigenvalue weighted by Crippen LogP contribution is -2.35. The number of rotatable bonds is 6. The normalized spacial score (nSPS) is 16.8. The second-order valence-electron chi connectivity index (χ2n) is 6.95. The molecule has 2 heterocycles. The summed E-state index contributed by atoms with van der Waals surface area (Å²) in [6, 6.07) is 9.08. The fraction of sp³-hybridized carbons (Fsp3) is 0.300. The Morgan fingerprint density at radius 3 is 2.74 bits per heavy atom. The number of amides is 1. The van der Waals surface area contributed by atoms with Crippen LogP contribution in [0.5, 0.6) is 5.75 Å². The molecule has 2 aromatic carbocycles. The summed E-state index contributed by atoms with van der Waals surface area (Å²) in [6.45, 7) is 0.435. The Kier molecular flexibility index (Phi) is 5.42. The Bertz CT molecular complexity index is 1100. The molecule has 11 heteroatoms. The molecule has 31 heavy (non-hydrogen) atoms. The van der Waals surface area contributed by atoms with Crippen LogP contribution in [0, 0.1) is 5.82 Å². The molecule has 0 bridgehead atoms. The number of fused-ring (bicyclic) bond motifs is 1. The molecule has 0 unspecified atom stereocenters. The average molecular weight is 441 g/mol. The zero-order valence-electron chi connectivity index (χ0n) is 15.8. The molecule has 1 atom stereocenters. The zero-order chi connectivity index (χ0) is 22.2. The predicted octanol–water partition coefficient (Wildman–Crippen LogP) is 4.53. The molecule has 0 radical (unpaired) electrons. The Morgan fingerprint density at radius 1 is 1.23 bits per heavy atom. The first kappa shape index (κ1) is 20.9. The zero-order valence-corrected chi connectivity index (χ0v) is 15.8. The van der Waals surface area contributed by atoms with Gasteiger partial charge in [-0.25, -0.2) is 4.39 Å². The summed E-state index contributed by atoms with van der Waals surface area (Å²) in [5.41, 5.74) is 0.0776. The molecule has 164 valence electrons. The highest BCUT2D eigenvalue weighted by molar-refractivity contribution is 5.97. The Balaban J connectivity index is 1.46. The maximum absolute atomic E-state index is 13.7. The van der Waals surface area contributed by atoms with E-state index in [1.54, 1.807) is 6.07 Å². The monoisotopic (exact) mass is 441 g/mol. The summed E-state index contributed by atoms with van der Waals surface area (Å²) in [5.74, 6) is -1.84. The van der Waals surface area contributed by atoms with Gasteiger partial charge in [-0.3, -0.25) is 4.79 Å². The molecule has 3 aromatic rings. The summed E-state index contributed by atoms with van der Waals surface area (Å²) in [7, 11) is 0. The Labute approximate surface area is 172 Å². The number of likely N-dealkylation sites (tertiary alicyclic amines) is 1. The Morgan fingerprint density at radius 2 is 2.00 bits per heavy atom. The number of anilines is 1. The molecule has 0 aliphatic carbocycles. The molecule has 1 saturated heterocycles. The molecule has 1 aliphatic rings. The number of benzene rings is 2. The van der Waals surface area contributed by atoms with Crippen LogP contribution < -0.4 is 10.1 Å². The minimum atomic E-state index is -4.73. The van der Waals surface area contributed by atoms with Gasteiger partial charge in [0.15, 0.2) is 11.4 Å². The molecule has 0 spiro atoms. The van der Waals surface area contributed by atoms with Gasteiger partial charge in [-0.15, -0.1) is 0 Å². The number of alkyl halides is 4. The molecular formula is C20H16F5N3O3. The van der Waals surface area contributed by atoms with E-state index in [1.807, 2.05) is 0 Å². The standard InChI is InChI=1S/C20H16F5N3O3/c21-13-5-3-6-14-16(13)30-19(27-14)26-11-8-9-28(10-11)17(29)12-4-1-2-7-15(12)31-20(24,25)18(22)23/h1-7,11,18H,8-10H2,(H,26,27)/t11-/m1/s1. The number of carbonyl (C=O) groups excluding carboxylic acids is 1. The summed E-state index contributed by atoms with van der Waals surface area (Å²) in [4.78, 5) is 18.3. The number of hydrogen-bond donors (Lipinski definition) is 1. The molecular weight excluding hydrogens is 425 g/mol. The van der Waals surface area contributed by atoms with E-state index in [1.165, 1.54) is 35.2 Å². The van der Waals surface area contributed by atoms with E-state index in [9.17, 15) is 26.7 Å². The largest absolute Gasteiger partial charge is 0.461 e. The van der Waals surface area contributed by atoms with Crippen molar-refractivity contribution in [3.8, 4) is 5.75 Å². The van der Waals surface area contributed by atoms with Gasteiger partial charge < -0.3 is 19.4 Å². The van der Waals surface area contributed by atoms with Gasteiger partial charge in [0.05, 0.1) is 5.56 Å². The lowest BCUT2D eigenvalue weighted by Gasteiger charge is -2.21. The number of hydrogen-bond acceptors (Lipinski definition) is 5. The van der Waals surface area contributed by atoms with Crippen LogP contribution in [-0.2, 0) is 0 Å². The smallest absolute Gasteiger partial charge is 0.427 e. The van der Waals surface area contributed by atoms with Gasteiger partial charge in [0.25, 0.3) is 11.9 Å². The Hall–Kier alpha value is -3.37. The number of ether oxygens (including phenoxy) is 1. The van der Waals surface area contributed by atoms with Gasteiger partial charge >= 0.3 is 12.5 Å². The third-order valence-corrected chi connectivity index (χ3v) is 4.79. The van der Waals surface area contributed by atoms with Crippen LogP contribution in [-0.4, -0.2) is 47.5 Å². The number of para-hydroxylation sites is 2. The van der Waals surface area contributed by atoms with Gasteiger partial charge in [0.1, 0.15) is 11.3 Å². The second kappa shape index (κ2) is 8.05. The lowest BCUT2D eigenvalue weighted by molar-refractivity contribution is -0.253. The highest BCUT2D eigenvalue weighted by Gasteiger charge is 2.45. The fourth-order valence-corrected chi connectivity index (χ4v) is 3.31. The van der Waals surface area contributed by atoms with Crippen molar-refractivity contribution < 1.29 is 35.9 Å². The van der Waals surface area contributed by atoms with Crippen LogP contribution in [0.1, 0.15) is 16.8 Å². The summed E-state index contributed by atoms with van der Waals surface area (Å²) < 4.78 is 74.8. The highest BCUT2D eigenvalue weighted by atomic mass is 19.3. The average Bonchev–Trinajstić information content (AvgIpc) is 3.35. The van der Waals surface area contributed by atoms with Gasteiger partial charge in [-0.2, -0.15) is 22.5 Å². The van der Waals surface area contributed by atoms with Crippen LogP contribution in [0.15, 0.2) is 46.9 Å². The van der Waals surface area contributed by atoms with Crippen LogP contribution in [0.2, 0.25) is 0 Å². The van der Waals surface area contributed by atoms with Crippen molar-refractivity contribution in [3.63, 3.8) is 0 Å². The van der Waals surface area contributed by atoms with Gasteiger partial charge in [-0.05, 0) is 30.7 Å². The second-order valence-corrected chi connectivity index (χ2v) is 6.95. The van der Waals surface area contributed by atoms with Crippen molar-refractivity contribution in [2.24, 2.45) is 0 Å². The topological polar surface area (TPSA) is 67.6 Å². The summed E-state index contributed by atoms with van der Waals surface area (Å²) >= 11 is 0. The fourth-order valence-electron chi connectivity index (χ4n) is 3.31. The predicted molar refractivity (Wildman–Crippen MR) is 99.9 cm³/mol. The lowest BCUT2D eigenvalue weighted by atomic mass is 10.1. The number of oxazole rings is 1. The van der Waals surface area contributed by atoms with Gasteiger partial charge in [0.2, 0.25) is 0 Å². The maximum atomic E-state index is 13.7. The van der Waals surface area contributed by atoms with Gasteiger partial charge in [0, 0.05) is 19.1 Å². The SMILES string of the molecule is O=C(c1ccccc1OC(F)(F)C(F)F)N1CC[C@@H](Nc2nc3cccc(F)c3o2)C1. The van der Waals surface area contributed by atoms with E-state index in [4.69, 9.17) is 4.42 Å². The van der Waals surface area contributed by atoms with Crippen molar-refractivity contribution in [2.45, 2.75) is 25.0 Å². The first-order valence-corrected chi connectivity index (χ1v) is 9.29. The van der Waals surface area contributed by atoms with Gasteiger partial charge in [-0.1, -0.05) is 18.2 Å². The van der Waals surface area contributed by atoms with Crippen molar-refractivity contribution in [1.29, 1.82) is 0 Å². The quantitative estimate of drug-likeness (QED) is 0.570. The molecule has 1 amide bonds. The minimum Gasteiger partial charge on any atom is -0.427 e. The van der Waals surface area contributed by atoms with Crippen molar-refractivity contribution in [1.82, 2.24) is 9.88 Å². The number of halogens is 5. The van der Waals surface area contributed by atoms with Crippen LogP contribution in [0.25, 0.3) is 11.1 Å². The molecule has 4 rings (SSSR count). The highest BCUT2D eigenvalue weighted by Crippen LogP contribution is 2.31.